The minimum absolute atomic E-state index is 0.161. The first-order valence-electron chi connectivity index (χ1n) is 5.83. The highest BCUT2D eigenvalue weighted by atomic mass is 19.1. The molecule has 2 aromatic rings. The molecular formula is C14H10FN3O3. The number of aromatic nitrogens is 2. The predicted octanol–water partition coefficient (Wildman–Crippen LogP) is 1.97. The van der Waals surface area contributed by atoms with Gasteiger partial charge in [0, 0.05) is 6.08 Å². The summed E-state index contributed by atoms with van der Waals surface area (Å²) >= 11 is 0. The molecule has 2 rings (SSSR count). The minimum Gasteiger partial charge on any atom is -0.478 e. The van der Waals surface area contributed by atoms with E-state index in [0.29, 0.717) is 11.3 Å². The van der Waals surface area contributed by atoms with Crippen molar-refractivity contribution in [3.05, 3.63) is 59.9 Å². The number of aliphatic carboxylic acids is 1. The van der Waals surface area contributed by atoms with Gasteiger partial charge in [0.1, 0.15) is 12.1 Å². The molecule has 0 bridgehead atoms. The molecule has 21 heavy (non-hydrogen) atoms. The van der Waals surface area contributed by atoms with E-state index in [4.69, 9.17) is 5.11 Å². The summed E-state index contributed by atoms with van der Waals surface area (Å²) in [4.78, 5) is 29.7. The highest BCUT2D eigenvalue weighted by Gasteiger charge is 2.12. The summed E-state index contributed by atoms with van der Waals surface area (Å²) in [6, 6.07) is 3.80. The molecule has 0 aliphatic rings. The fourth-order valence-electron chi connectivity index (χ4n) is 1.55. The maximum atomic E-state index is 13.9. The van der Waals surface area contributed by atoms with Gasteiger partial charge in [0.15, 0.2) is 0 Å². The molecule has 0 saturated heterocycles. The van der Waals surface area contributed by atoms with E-state index < -0.39 is 17.7 Å². The van der Waals surface area contributed by atoms with Gasteiger partial charge >= 0.3 is 5.97 Å². The number of amides is 1. The molecule has 0 aliphatic heterocycles. The van der Waals surface area contributed by atoms with E-state index >= 15 is 0 Å². The van der Waals surface area contributed by atoms with Gasteiger partial charge in [0.05, 0.1) is 23.6 Å². The van der Waals surface area contributed by atoms with Crippen molar-refractivity contribution in [2.24, 2.45) is 0 Å². The Morgan fingerprint density at radius 2 is 1.95 bits per heavy atom. The van der Waals surface area contributed by atoms with Crippen LogP contribution in [0, 0.1) is 5.82 Å². The molecule has 0 radical (unpaired) electrons. The number of carbonyl (C=O) groups excluding carboxylic acids is 1. The van der Waals surface area contributed by atoms with Gasteiger partial charge in [-0.25, -0.2) is 19.2 Å². The fraction of sp³-hybridized carbons (Fsp3) is 0. The van der Waals surface area contributed by atoms with Gasteiger partial charge in [-0.05, 0) is 23.8 Å². The molecule has 2 N–H and O–H groups in total. The monoisotopic (exact) mass is 287 g/mol. The lowest BCUT2D eigenvalue weighted by molar-refractivity contribution is -0.131. The standard InChI is InChI=1S/C14H10FN3O3/c15-12-5-9(2-4-13(19)20)1-3-11(12)14(21)18-10-6-16-8-17-7-10/h1-8H,(H,18,21)(H,19,20)/b4-2+. The Balaban J connectivity index is 2.17. The lowest BCUT2D eigenvalue weighted by Gasteiger charge is -2.05. The number of rotatable bonds is 4. The van der Waals surface area contributed by atoms with Crippen molar-refractivity contribution in [2.75, 3.05) is 5.32 Å². The highest BCUT2D eigenvalue weighted by molar-refractivity contribution is 6.04. The summed E-state index contributed by atoms with van der Waals surface area (Å²) in [7, 11) is 0. The molecule has 0 fully saturated rings. The Labute approximate surface area is 119 Å². The zero-order chi connectivity index (χ0) is 15.2. The number of nitrogens with one attached hydrogen (secondary N) is 1. The maximum absolute atomic E-state index is 13.9. The van der Waals surface area contributed by atoms with E-state index in [1.807, 2.05) is 0 Å². The highest BCUT2D eigenvalue weighted by Crippen LogP contribution is 2.14. The third kappa shape index (κ3) is 3.93. The molecule has 1 aromatic heterocycles. The molecule has 0 aliphatic carbocycles. The Hall–Kier alpha value is -3.09. The number of carboxylic acid groups (broad SMARTS) is 1. The van der Waals surface area contributed by atoms with Crippen molar-refractivity contribution < 1.29 is 19.1 Å². The average Bonchev–Trinajstić information content (AvgIpc) is 2.46. The van der Waals surface area contributed by atoms with Crippen molar-refractivity contribution in [3.63, 3.8) is 0 Å². The van der Waals surface area contributed by atoms with Crippen LogP contribution in [0.3, 0.4) is 0 Å². The average molecular weight is 287 g/mol. The number of carbonyl (C=O) groups is 2. The summed E-state index contributed by atoms with van der Waals surface area (Å²) in [6.07, 6.45) is 6.19. The normalized spacial score (nSPS) is 10.5. The molecule has 0 atom stereocenters. The Kier molecular flexibility index (Phi) is 4.35. The summed E-state index contributed by atoms with van der Waals surface area (Å²) < 4.78 is 13.9. The van der Waals surface area contributed by atoms with Crippen LogP contribution in [0.15, 0.2) is 43.0 Å². The number of hydrogen-bond acceptors (Lipinski definition) is 4. The van der Waals surface area contributed by atoms with E-state index in [9.17, 15) is 14.0 Å². The molecule has 0 unspecified atom stereocenters. The third-order valence-electron chi connectivity index (χ3n) is 2.47. The number of nitrogens with zero attached hydrogens (tertiary/aromatic N) is 2. The molecule has 0 saturated carbocycles. The number of halogens is 1. The first-order valence-corrected chi connectivity index (χ1v) is 5.83. The van der Waals surface area contributed by atoms with Gasteiger partial charge in [-0.3, -0.25) is 4.79 Å². The van der Waals surface area contributed by atoms with E-state index in [0.717, 1.165) is 12.1 Å². The van der Waals surface area contributed by atoms with Crippen molar-refractivity contribution in [1.82, 2.24) is 9.97 Å². The summed E-state index contributed by atoms with van der Waals surface area (Å²) in [5.74, 6) is -2.53. The van der Waals surface area contributed by atoms with Crippen LogP contribution in [0.5, 0.6) is 0 Å². The first kappa shape index (κ1) is 14.3. The van der Waals surface area contributed by atoms with Gasteiger partial charge in [0.25, 0.3) is 5.91 Å². The molecule has 1 aromatic carbocycles. The van der Waals surface area contributed by atoms with Gasteiger partial charge in [-0.2, -0.15) is 0 Å². The molecule has 7 heteroatoms. The fourth-order valence-corrected chi connectivity index (χ4v) is 1.55. The van der Waals surface area contributed by atoms with E-state index in [-0.39, 0.29) is 5.56 Å². The molecule has 106 valence electrons. The number of hydrogen-bond donors (Lipinski definition) is 2. The lowest BCUT2D eigenvalue weighted by Crippen LogP contribution is -2.14. The van der Waals surface area contributed by atoms with Gasteiger partial charge in [0.2, 0.25) is 0 Å². The SMILES string of the molecule is O=C(O)/C=C/c1ccc(C(=O)Nc2cncnc2)c(F)c1. The zero-order valence-corrected chi connectivity index (χ0v) is 10.7. The van der Waals surface area contributed by atoms with Gasteiger partial charge < -0.3 is 10.4 Å². The van der Waals surface area contributed by atoms with Crippen molar-refractivity contribution in [2.45, 2.75) is 0 Å². The zero-order valence-electron chi connectivity index (χ0n) is 10.7. The van der Waals surface area contributed by atoms with Gasteiger partial charge in [-0.1, -0.05) is 6.07 Å². The molecular weight excluding hydrogens is 277 g/mol. The van der Waals surface area contributed by atoms with Crippen molar-refractivity contribution in [3.8, 4) is 0 Å². The van der Waals surface area contributed by atoms with Crippen molar-refractivity contribution >= 4 is 23.6 Å². The van der Waals surface area contributed by atoms with Crippen LogP contribution >= 0.6 is 0 Å². The Morgan fingerprint density at radius 3 is 2.57 bits per heavy atom. The second-order valence-corrected chi connectivity index (χ2v) is 3.99. The Bertz CT molecular complexity index is 702. The van der Waals surface area contributed by atoms with Crippen LogP contribution in [0.4, 0.5) is 10.1 Å². The third-order valence-corrected chi connectivity index (χ3v) is 2.47. The van der Waals surface area contributed by atoms with Gasteiger partial charge in [-0.15, -0.1) is 0 Å². The number of anilines is 1. The molecule has 1 heterocycles. The van der Waals surface area contributed by atoms with E-state index in [1.54, 1.807) is 0 Å². The maximum Gasteiger partial charge on any atom is 0.328 e. The minimum atomic E-state index is -1.14. The quantitative estimate of drug-likeness (QED) is 0.839. The first-order chi connectivity index (χ1) is 10.1. The molecule has 6 nitrogen and oxygen atoms in total. The molecule has 0 spiro atoms. The summed E-state index contributed by atoms with van der Waals surface area (Å²) in [5.41, 5.74) is 0.526. The van der Waals surface area contributed by atoms with Crippen LogP contribution in [-0.2, 0) is 4.79 Å². The number of benzene rings is 1. The molecule has 1 amide bonds. The summed E-state index contributed by atoms with van der Waals surface area (Å²) in [6.45, 7) is 0. The smallest absolute Gasteiger partial charge is 0.328 e. The number of carboxylic acids is 1. The second kappa shape index (κ2) is 6.38. The van der Waals surface area contributed by atoms with Crippen LogP contribution in [0.1, 0.15) is 15.9 Å². The Morgan fingerprint density at radius 1 is 1.24 bits per heavy atom. The van der Waals surface area contributed by atoms with Crippen LogP contribution < -0.4 is 5.32 Å². The van der Waals surface area contributed by atoms with Crippen molar-refractivity contribution in [1.29, 1.82) is 0 Å². The lowest BCUT2D eigenvalue weighted by atomic mass is 10.1. The summed E-state index contributed by atoms with van der Waals surface area (Å²) in [5, 5.41) is 10.9. The topological polar surface area (TPSA) is 92.2 Å². The van der Waals surface area contributed by atoms with E-state index in [1.165, 1.54) is 36.9 Å². The van der Waals surface area contributed by atoms with Crippen LogP contribution in [0.2, 0.25) is 0 Å². The van der Waals surface area contributed by atoms with Crippen LogP contribution in [-0.4, -0.2) is 27.0 Å². The second-order valence-electron chi connectivity index (χ2n) is 3.99. The van der Waals surface area contributed by atoms with E-state index in [2.05, 4.69) is 15.3 Å². The predicted molar refractivity (Wildman–Crippen MR) is 73.1 cm³/mol. The largest absolute Gasteiger partial charge is 0.478 e. The van der Waals surface area contributed by atoms with Crippen LogP contribution in [0.25, 0.3) is 6.08 Å².